The molecule has 7 heteroatoms. The first-order chi connectivity index (χ1) is 2.56. The Labute approximate surface area is 79.3 Å². The smallest absolute Gasteiger partial charge is 0.787 e. The van der Waals surface area contributed by atoms with Crippen molar-refractivity contribution in [2.45, 2.75) is 0 Å². The third-order valence-corrected chi connectivity index (χ3v) is 0.254. The molecule has 0 radical (unpaired) electrons. The quantitative estimate of drug-likeness (QED) is 0.413. The molecule has 0 heterocycles. The maximum Gasteiger partial charge on any atom is 2.00 e. The minimum atomic E-state index is -5.31. The van der Waals surface area contributed by atoms with E-state index in [1.54, 1.807) is 0 Å². The van der Waals surface area contributed by atoms with E-state index in [9.17, 15) is 4.53 Å². The van der Waals surface area contributed by atoms with Gasteiger partial charge in [-0.2, -0.15) is 4.73 Å². The standard InChI is InChI=1S/Ba.FH2O4P/c;1-5-6(2,3)4/h;(H2,2,3,4)/q+2;/p-2. The van der Waals surface area contributed by atoms with Crippen LogP contribution in [0.4, 0.5) is 4.53 Å². The van der Waals surface area contributed by atoms with Crippen molar-refractivity contribution in [2.24, 2.45) is 0 Å². The maximum atomic E-state index is 10.1. The van der Waals surface area contributed by atoms with Crippen LogP contribution in [-0.4, -0.2) is 48.9 Å². The second-order valence-corrected chi connectivity index (χ2v) is 1.55. The van der Waals surface area contributed by atoms with Crippen LogP contribution in [0, 0.1) is 0 Å². The Bertz CT molecular complexity index is 75.8. The van der Waals surface area contributed by atoms with Crippen LogP contribution in [0.5, 0.6) is 0 Å². The summed E-state index contributed by atoms with van der Waals surface area (Å²) in [7, 11) is -5.31. The molecule has 0 saturated heterocycles. The average Bonchev–Trinajstić information content (AvgIpc) is 1.35. The van der Waals surface area contributed by atoms with E-state index in [1.165, 1.54) is 0 Å². The van der Waals surface area contributed by atoms with Crippen molar-refractivity contribution in [3.8, 4) is 0 Å². The van der Waals surface area contributed by atoms with Crippen LogP contribution in [0.1, 0.15) is 0 Å². The van der Waals surface area contributed by atoms with Gasteiger partial charge >= 0.3 is 48.9 Å². The van der Waals surface area contributed by atoms with Crippen LogP contribution < -0.4 is 9.79 Å². The van der Waals surface area contributed by atoms with Crippen molar-refractivity contribution in [3.05, 3.63) is 0 Å². The second kappa shape index (κ2) is 4.49. The molecule has 0 aliphatic carbocycles. The minimum Gasteiger partial charge on any atom is -0.787 e. The van der Waals surface area contributed by atoms with E-state index in [0.717, 1.165) is 0 Å². The van der Waals surface area contributed by atoms with Crippen molar-refractivity contribution in [2.75, 3.05) is 0 Å². The van der Waals surface area contributed by atoms with Gasteiger partial charge in [0.2, 0.25) is 0 Å². The molecule has 7 heavy (non-hydrogen) atoms. The Morgan fingerprint density at radius 2 is 1.71 bits per heavy atom. The molecule has 0 N–H and O–H groups in total. The van der Waals surface area contributed by atoms with E-state index in [2.05, 4.69) is 0 Å². The Kier molecular flexibility index (Phi) is 7.32. The molecule has 0 unspecified atom stereocenters. The summed E-state index contributed by atoms with van der Waals surface area (Å²) in [6.45, 7) is 0. The zero-order valence-electron chi connectivity index (χ0n) is 3.17. The third kappa shape index (κ3) is 11.3. The van der Waals surface area contributed by atoms with Gasteiger partial charge in [0.15, 0.2) is 0 Å². The Morgan fingerprint density at radius 1 is 1.57 bits per heavy atom. The number of hydrogen-bond donors (Lipinski definition) is 0. The predicted octanol–water partition coefficient (Wildman–Crippen LogP) is -1.66. The first kappa shape index (κ1) is 11.4. The number of hydrogen-bond acceptors (Lipinski definition) is 4. The number of phosphoric acid groups is 1. The fourth-order valence-corrected chi connectivity index (χ4v) is 0. The van der Waals surface area contributed by atoms with Crippen molar-refractivity contribution in [1.29, 1.82) is 0 Å². The Balaban J connectivity index is 0. The Hall–Kier alpha value is 1.61. The van der Waals surface area contributed by atoms with Gasteiger partial charge in [0.1, 0.15) is 7.82 Å². The monoisotopic (exact) mass is 252 g/mol. The summed E-state index contributed by atoms with van der Waals surface area (Å²) in [5.74, 6) is 0. The fraction of sp³-hybridized carbons (Fsp3) is 0. The molecule has 0 saturated carbocycles. The molecule has 0 bridgehead atoms. The van der Waals surface area contributed by atoms with Crippen molar-refractivity contribution < 1.29 is 23.6 Å². The molecule has 0 spiro atoms. The molecule has 0 aromatic rings. The van der Waals surface area contributed by atoms with Gasteiger partial charge in [0.05, 0.1) is 0 Å². The van der Waals surface area contributed by atoms with Gasteiger partial charge in [-0.25, -0.2) is 0 Å². The average molecular weight is 251 g/mol. The van der Waals surface area contributed by atoms with Gasteiger partial charge in [-0.15, -0.1) is 0 Å². The minimum absolute atomic E-state index is 0. The molecular weight excluding hydrogens is 251 g/mol. The van der Waals surface area contributed by atoms with E-state index in [-0.39, 0.29) is 48.9 Å². The molecule has 0 aliphatic rings. The van der Waals surface area contributed by atoms with Gasteiger partial charge in [-0.3, -0.25) is 0 Å². The summed E-state index contributed by atoms with van der Waals surface area (Å²) < 4.78 is 20.9. The van der Waals surface area contributed by atoms with Crippen LogP contribution in [0.3, 0.4) is 0 Å². The van der Waals surface area contributed by atoms with E-state index in [4.69, 9.17) is 14.4 Å². The largest absolute Gasteiger partial charge is 2.00 e. The molecule has 0 rings (SSSR count). The van der Waals surface area contributed by atoms with Crippen molar-refractivity contribution in [1.82, 2.24) is 0 Å². The molecule has 0 aromatic heterocycles. The van der Waals surface area contributed by atoms with Gasteiger partial charge in [0.25, 0.3) is 0 Å². The number of rotatable bonds is 1. The summed E-state index contributed by atoms with van der Waals surface area (Å²) in [6, 6.07) is 0. The molecule has 38 valence electrons. The van der Waals surface area contributed by atoms with Crippen LogP contribution in [-0.2, 0) is 9.29 Å². The van der Waals surface area contributed by atoms with Crippen LogP contribution >= 0.6 is 7.82 Å². The van der Waals surface area contributed by atoms with Gasteiger partial charge in [0, 0.05) is 0 Å². The van der Waals surface area contributed by atoms with E-state index in [0.29, 0.717) is 0 Å². The summed E-state index contributed by atoms with van der Waals surface area (Å²) in [6.07, 6.45) is 0. The van der Waals surface area contributed by atoms with Crippen molar-refractivity contribution >= 4 is 56.7 Å². The van der Waals surface area contributed by atoms with Gasteiger partial charge in [-0.1, -0.05) is 0 Å². The zero-order valence-corrected chi connectivity index (χ0v) is 8.50. The fourth-order valence-electron chi connectivity index (χ4n) is 0. The van der Waals surface area contributed by atoms with E-state index in [1.807, 2.05) is 4.73 Å². The van der Waals surface area contributed by atoms with Crippen LogP contribution in [0.2, 0.25) is 0 Å². The first-order valence-corrected chi connectivity index (χ1v) is 2.35. The first-order valence-electron chi connectivity index (χ1n) is 0.885. The number of halogens is 1. The van der Waals surface area contributed by atoms with Crippen molar-refractivity contribution in [3.63, 3.8) is 0 Å². The maximum absolute atomic E-state index is 10.1. The zero-order chi connectivity index (χ0) is 5.21. The molecule has 0 atom stereocenters. The Morgan fingerprint density at radius 3 is 1.71 bits per heavy atom. The molecule has 0 fully saturated rings. The van der Waals surface area contributed by atoms with E-state index >= 15 is 0 Å². The summed E-state index contributed by atoms with van der Waals surface area (Å²) >= 11 is 0. The van der Waals surface area contributed by atoms with Gasteiger partial charge in [-0.05, 0) is 4.53 Å². The topological polar surface area (TPSA) is 72.4 Å². The van der Waals surface area contributed by atoms with Crippen LogP contribution in [0.25, 0.3) is 0 Å². The molecule has 0 amide bonds. The summed E-state index contributed by atoms with van der Waals surface area (Å²) in [5, 5.41) is 0. The molecule has 0 aliphatic heterocycles. The summed E-state index contributed by atoms with van der Waals surface area (Å²) in [5.41, 5.74) is 0. The molecule has 4 nitrogen and oxygen atoms in total. The third-order valence-electron chi connectivity index (χ3n) is 0.0845. The molecular formula is BaFO4P. The van der Waals surface area contributed by atoms with Gasteiger partial charge < -0.3 is 14.4 Å². The second-order valence-electron chi connectivity index (χ2n) is 0.516. The predicted molar refractivity (Wildman–Crippen MR) is 15.6 cm³/mol. The summed E-state index contributed by atoms with van der Waals surface area (Å²) in [4.78, 5) is 17.8. The molecule has 0 aromatic carbocycles. The SMILES string of the molecule is O=P([O-])([O-])OF.[Ba+2]. The normalized spacial score (nSPS) is 10.1. The van der Waals surface area contributed by atoms with Crippen LogP contribution in [0.15, 0.2) is 0 Å². The van der Waals surface area contributed by atoms with E-state index < -0.39 is 7.82 Å².